The van der Waals surface area contributed by atoms with E-state index >= 15 is 0 Å². The largest absolute Gasteiger partial charge is 0.452 e. The van der Waals surface area contributed by atoms with Crippen LogP contribution in [0.25, 0.3) is 0 Å². The summed E-state index contributed by atoms with van der Waals surface area (Å²) in [6, 6.07) is 6.36. The Bertz CT molecular complexity index is 815. The lowest BCUT2D eigenvalue weighted by atomic mass is 10.2. The van der Waals surface area contributed by atoms with Crippen LogP contribution in [0.4, 0.5) is 15.8 Å². The van der Waals surface area contributed by atoms with Gasteiger partial charge in [0, 0.05) is 10.0 Å². The van der Waals surface area contributed by atoms with Crippen molar-refractivity contribution in [3.63, 3.8) is 0 Å². The molecule has 0 aliphatic heterocycles. The number of hydrogen-bond donors (Lipinski definition) is 2. The van der Waals surface area contributed by atoms with Gasteiger partial charge in [-0.1, -0.05) is 34.8 Å². The summed E-state index contributed by atoms with van der Waals surface area (Å²) in [6.45, 7) is -0.648. The van der Waals surface area contributed by atoms with E-state index < -0.39 is 24.3 Å². The zero-order valence-electron chi connectivity index (χ0n) is 11.9. The van der Waals surface area contributed by atoms with Gasteiger partial charge in [0.25, 0.3) is 5.91 Å². The predicted molar refractivity (Wildman–Crippen MR) is 91.2 cm³/mol. The molecule has 126 valence electrons. The molecular formula is C15H10Cl3FN2O3. The van der Waals surface area contributed by atoms with Crippen molar-refractivity contribution in [1.82, 2.24) is 0 Å². The molecule has 0 saturated heterocycles. The summed E-state index contributed by atoms with van der Waals surface area (Å²) in [4.78, 5) is 23.7. The lowest BCUT2D eigenvalue weighted by Crippen LogP contribution is -2.22. The highest BCUT2D eigenvalue weighted by molar-refractivity contribution is 6.37. The standard InChI is InChI=1S/C15H10Cl3FN2O3/c16-7-1-2-12(11(19)5-7)21-13(22)6-24-15(23)9-3-8(17)4-10(18)14(9)20/h1-5H,6,20H2,(H,21,22). The summed E-state index contributed by atoms with van der Waals surface area (Å²) in [7, 11) is 0. The van der Waals surface area contributed by atoms with Gasteiger partial charge in [-0.3, -0.25) is 4.79 Å². The van der Waals surface area contributed by atoms with Crippen LogP contribution in [0.1, 0.15) is 10.4 Å². The summed E-state index contributed by atoms with van der Waals surface area (Å²) in [6.07, 6.45) is 0. The van der Waals surface area contributed by atoms with E-state index in [1.54, 1.807) is 0 Å². The number of esters is 1. The molecule has 1 amide bonds. The molecule has 5 nitrogen and oxygen atoms in total. The summed E-state index contributed by atoms with van der Waals surface area (Å²) in [5.74, 6) is -2.34. The number of rotatable bonds is 4. The van der Waals surface area contributed by atoms with E-state index in [0.29, 0.717) is 0 Å². The first-order valence-corrected chi connectivity index (χ1v) is 7.58. The summed E-state index contributed by atoms with van der Waals surface area (Å²) in [5, 5.41) is 2.71. The predicted octanol–water partition coefficient (Wildman–Crippen LogP) is 4.16. The highest BCUT2D eigenvalue weighted by atomic mass is 35.5. The van der Waals surface area contributed by atoms with E-state index in [2.05, 4.69) is 5.32 Å². The van der Waals surface area contributed by atoms with Crippen molar-refractivity contribution in [3.05, 3.63) is 56.8 Å². The maximum absolute atomic E-state index is 13.6. The zero-order valence-corrected chi connectivity index (χ0v) is 14.2. The van der Waals surface area contributed by atoms with Gasteiger partial charge in [-0.2, -0.15) is 0 Å². The van der Waals surface area contributed by atoms with Crippen LogP contribution in [-0.4, -0.2) is 18.5 Å². The molecule has 0 unspecified atom stereocenters. The zero-order chi connectivity index (χ0) is 17.9. The average molecular weight is 392 g/mol. The van der Waals surface area contributed by atoms with Crippen molar-refractivity contribution in [3.8, 4) is 0 Å². The van der Waals surface area contributed by atoms with Crippen LogP contribution in [-0.2, 0) is 9.53 Å². The summed E-state index contributed by atoms with van der Waals surface area (Å²) < 4.78 is 18.4. The van der Waals surface area contributed by atoms with E-state index in [4.69, 9.17) is 45.3 Å². The summed E-state index contributed by atoms with van der Waals surface area (Å²) in [5.41, 5.74) is 5.48. The molecule has 24 heavy (non-hydrogen) atoms. The van der Waals surface area contributed by atoms with E-state index in [9.17, 15) is 14.0 Å². The molecular weight excluding hydrogens is 382 g/mol. The highest BCUT2D eigenvalue weighted by Crippen LogP contribution is 2.28. The fourth-order valence-corrected chi connectivity index (χ4v) is 2.39. The number of carbonyl (C=O) groups is 2. The Labute approximate surface area is 151 Å². The monoisotopic (exact) mass is 390 g/mol. The van der Waals surface area contributed by atoms with Crippen molar-refractivity contribution < 1.29 is 18.7 Å². The molecule has 2 aromatic rings. The molecule has 0 heterocycles. The van der Waals surface area contributed by atoms with Gasteiger partial charge in [0.1, 0.15) is 5.82 Å². The molecule has 0 aliphatic carbocycles. The van der Waals surface area contributed by atoms with Crippen LogP contribution in [0.15, 0.2) is 30.3 Å². The second-order valence-corrected chi connectivity index (χ2v) is 5.88. The van der Waals surface area contributed by atoms with Gasteiger partial charge < -0.3 is 15.8 Å². The molecule has 0 bridgehead atoms. The molecule has 2 rings (SSSR count). The minimum Gasteiger partial charge on any atom is -0.452 e. The first-order chi connectivity index (χ1) is 11.3. The molecule has 0 spiro atoms. The number of benzene rings is 2. The van der Waals surface area contributed by atoms with Crippen LogP contribution in [0.2, 0.25) is 15.1 Å². The van der Waals surface area contributed by atoms with Gasteiger partial charge in [-0.25, -0.2) is 9.18 Å². The van der Waals surface area contributed by atoms with Gasteiger partial charge in [-0.05, 0) is 30.3 Å². The van der Waals surface area contributed by atoms with Crippen molar-refractivity contribution in [2.24, 2.45) is 0 Å². The average Bonchev–Trinajstić information content (AvgIpc) is 2.51. The highest BCUT2D eigenvalue weighted by Gasteiger charge is 2.17. The molecule has 0 saturated carbocycles. The second-order valence-electron chi connectivity index (χ2n) is 4.60. The minimum atomic E-state index is -0.886. The molecule has 0 aliphatic rings. The fraction of sp³-hybridized carbons (Fsp3) is 0.0667. The Morgan fingerprint density at radius 2 is 1.83 bits per heavy atom. The smallest absolute Gasteiger partial charge is 0.340 e. The maximum Gasteiger partial charge on any atom is 0.340 e. The van der Waals surface area contributed by atoms with E-state index in [-0.39, 0.29) is 32.0 Å². The third kappa shape index (κ3) is 4.50. The Morgan fingerprint density at radius 3 is 2.50 bits per heavy atom. The lowest BCUT2D eigenvalue weighted by Gasteiger charge is -2.10. The molecule has 0 atom stereocenters. The Hall–Kier alpha value is -2.02. The number of nitrogen functional groups attached to an aromatic ring is 1. The number of nitrogens with one attached hydrogen (secondary N) is 1. The van der Waals surface area contributed by atoms with Crippen LogP contribution in [0.3, 0.4) is 0 Å². The molecule has 2 aromatic carbocycles. The van der Waals surface area contributed by atoms with Crippen molar-refractivity contribution in [1.29, 1.82) is 0 Å². The van der Waals surface area contributed by atoms with Crippen molar-refractivity contribution in [2.75, 3.05) is 17.7 Å². The topological polar surface area (TPSA) is 81.4 Å². The van der Waals surface area contributed by atoms with Crippen molar-refractivity contribution >= 4 is 58.1 Å². The van der Waals surface area contributed by atoms with Gasteiger partial charge in [0.15, 0.2) is 6.61 Å². The minimum absolute atomic E-state index is 0.0183. The van der Waals surface area contributed by atoms with Crippen LogP contribution in [0.5, 0.6) is 0 Å². The van der Waals surface area contributed by atoms with Gasteiger partial charge in [0.2, 0.25) is 0 Å². The number of anilines is 2. The normalized spacial score (nSPS) is 10.3. The van der Waals surface area contributed by atoms with E-state index in [1.165, 1.54) is 24.3 Å². The van der Waals surface area contributed by atoms with Crippen LogP contribution in [0, 0.1) is 5.82 Å². The number of amides is 1. The first-order valence-electron chi connectivity index (χ1n) is 6.44. The number of halogens is 4. The van der Waals surface area contributed by atoms with E-state index in [1.807, 2.05) is 0 Å². The Kier molecular flexibility index (Phi) is 5.88. The molecule has 0 aromatic heterocycles. The van der Waals surface area contributed by atoms with Gasteiger partial charge in [0.05, 0.1) is 22.0 Å². The molecule has 9 heteroatoms. The number of hydrogen-bond acceptors (Lipinski definition) is 4. The van der Waals surface area contributed by atoms with Crippen molar-refractivity contribution in [2.45, 2.75) is 0 Å². The first kappa shape index (κ1) is 18.3. The number of carbonyl (C=O) groups excluding carboxylic acids is 2. The number of nitrogens with two attached hydrogens (primary N) is 1. The molecule has 3 N–H and O–H groups in total. The quantitative estimate of drug-likeness (QED) is 0.605. The number of ether oxygens (including phenoxy) is 1. The van der Waals surface area contributed by atoms with E-state index in [0.717, 1.165) is 6.07 Å². The lowest BCUT2D eigenvalue weighted by molar-refractivity contribution is -0.119. The maximum atomic E-state index is 13.6. The Morgan fingerprint density at radius 1 is 1.12 bits per heavy atom. The van der Waals surface area contributed by atoms with Crippen LogP contribution < -0.4 is 11.1 Å². The summed E-state index contributed by atoms with van der Waals surface area (Å²) >= 11 is 17.2. The molecule has 0 fully saturated rings. The van der Waals surface area contributed by atoms with Crippen LogP contribution >= 0.6 is 34.8 Å². The van der Waals surface area contributed by atoms with Gasteiger partial charge >= 0.3 is 5.97 Å². The van der Waals surface area contributed by atoms with Gasteiger partial charge in [-0.15, -0.1) is 0 Å². The SMILES string of the molecule is Nc1c(Cl)cc(Cl)cc1C(=O)OCC(=O)Nc1ccc(Cl)cc1F. The Balaban J connectivity index is 2.00. The third-order valence-corrected chi connectivity index (χ3v) is 3.62. The molecule has 0 radical (unpaired) electrons. The fourth-order valence-electron chi connectivity index (χ4n) is 1.74. The third-order valence-electron chi connectivity index (χ3n) is 2.85. The second kappa shape index (κ2) is 7.70.